The predicted octanol–water partition coefficient (Wildman–Crippen LogP) is 4.09. The van der Waals surface area contributed by atoms with Gasteiger partial charge >= 0.3 is 0 Å². The Balaban J connectivity index is 1.94. The number of anilines is 2. The molecule has 0 saturated carbocycles. The quantitative estimate of drug-likeness (QED) is 0.735. The fraction of sp³-hybridized carbons (Fsp3) is 0.250. The van der Waals surface area contributed by atoms with Gasteiger partial charge < -0.3 is 15.4 Å². The first-order valence-electron chi connectivity index (χ1n) is 7.05. The summed E-state index contributed by atoms with van der Waals surface area (Å²) in [7, 11) is 1.67. The number of methoxy groups -OCH3 is 1. The summed E-state index contributed by atoms with van der Waals surface area (Å²) in [6.45, 7) is 1.48. The number of rotatable bonds is 7. The van der Waals surface area contributed by atoms with Crippen molar-refractivity contribution in [1.82, 2.24) is 4.98 Å². The number of aromatic nitrogens is 1. The third kappa shape index (κ3) is 5.71. The van der Waals surface area contributed by atoms with Gasteiger partial charge in [-0.05, 0) is 36.8 Å². The van der Waals surface area contributed by atoms with Crippen LogP contribution in [-0.4, -0.2) is 31.2 Å². The van der Waals surface area contributed by atoms with Crippen LogP contribution in [-0.2, 0) is 4.74 Å². The molecule has 5 nitrogen and oxygen atoms in total. The fourth-order valence-electron chi connectivity index (χ4n) is 1.90. The summed E-state index contributed by atoms with van der Waals surface area (Å²) in [5, 5.41) is 6.82. The topological polar surface area (TPSA) is 63.2 Å². The summed E-state index contributed by atoms with van der Waals surface area (Å²) >= 11 is 11.8. The van der Waals surface area contributed by atoms with Crippen LogP contribution in [0.15, 0.2) is 36.5 Å². The van der Waals surface area contributed by atoms with E-state index in [1.54, 1.807) is 43.6 Å². The Morgan fingerprint density at radius 2 is 1.91 bits per heavy atom. The Hall–Kier alpha value is -1.82. The third-order valence-electron chi connectivity index (χ3n) is 2.97. The van der Waals surface area contributed by atoms with Crippen LogP contribution in [0.5, 0.6) is 0 Å². The molecular formula is C16H17Cl2N3O2. The lowest BCUT2D eigenvalue weighted by Crippen LogP contribution is -2.14. The second-order valence-electron chi connectivity index (χ2n) is 4.82. The van der Waals surface area contributed by atoms with Crippen molar-refractivity contribution in [2.75, 3.05) is 30.9 Å². The fourth-order valence-corrected chi connectivity index (χ4v) is 2.43. The molecule has 0 radical (unpaired) electrons. The SMILES string of the molecule is COCCCNc1ccc(C(=O)Nc2cc(Cl)cc(Cl)c2)nc1. The van der Waals surface area contributed by atoms with Gasteiger partial charge in [-0.15, -0.1) is 0 Å². The Morgan fingerprint density at radius 3 is 2.52 bits per heavy atom. The van der Waals surface area contributed by atoms with Crippen molar-refractivity contribution in [2.45, 2.75) is 6.42 Å². The Morgan fingerprint density at radius 1 is 1.17 bits per heavy atom. The molecule has 0 aliphatic heterocycles. The van der Waals surface area contributed by atoms with Gasteiger partial charge in [-0.3, -0.25) is 4.79 Å². The molecule has 2 rings (SSSR count). The molecule has 0 aliphatic carbocycles. The molecule has 7 heteroatoms. The maximum Gasteiger partial charge on any atom is 0.274 e. The Bertz CT molecular complexity index is 643. The number of carbonyl (C=O) groups is 1. The molecule has 0 fully saturated rings. The molecular weight excluding hydrogens is 337 g/mol. The Labute approximate surface area is 145 Å². The maximum absolute atomic E-state index is 12.2. The van der Waals surface area contributed by atoms with Gasteiger partial charge in [-0.1, -0.05) is 23.2 Å². The summed E-state index contributed by atoms with van der Waals surface area (Å²) in [6, 6.07) is 8.30. The number of halogens is 2. The molecule has 23 heavy (non-hydrogen) atoms. The number of nitrogens with zero attached hydrogens (tertiary/aromatic N) is 1. The zero-order valence-corrected chi connectivity index (χ0v) is 14.1. The van der Waals surface area contributed by atoms with E-state index in [1.165, 1.54) is 0 Å². The van der Waals surface area contributed by atoms with E-state index in [9.17, 15) is 4.79 Å². The van der Waals surface area contributed by atoms with Crippen molar-refractivity contribution in [3.05, 3.63) is 52.3 Å². The first kappa shape index (κ1) is 17.5. The second kappa shape index (κ2) is 8.72. The summed E-state index contributed by atoms with van der Waals surface area (Å²) < 4.78 is 4.98. The molecule has 0 spiro atoms. The van der Waals surface area contributed by atoms with Gasteiger partial charge in [0, 0.05) is 36.0 Å². The molecule has 0 aliphatic rings. The molecule has 122 valence electrons. The number of amides is 1. The zero-order chi connectivity index (χ0) is 16.7. The van der Waals surface area contributed by atoms with Crippen LogP contribution in [0.1, 0.15) is 16.9 Å². The van der Waals surface area contributed by atoms with Crippen molar-refractivity contribution < 1.29 is 9.53 Å². The van der Waals surface area contributed by atoms with E-state index in [4.69, 9.17) is 27.9 Å². The van der Waals surface area contributed by atoms with Crippen LogP contribution in [0, 0.1) is 0 Å². The van der Waals surface area contributed by atoms with Crippen LogP contribution in [0.25, 0.3) is 0 Å². The van der Waals surface area contributed by atoms with Gasteiger partial charge in [0.1, 0.15) is 5.69 Å². The number of hydrogen-bond donors (Lipinski definition) is 2. The smallest absolute Gasteiger partial charge is 0.274 e. The molecule has 0 saturated heterocycles. The van der Waals surface area contributed by atoms with Crippen molar-refractivity contribution in [2.24, 2.45) is 0 Å². The van der Waals surface area contributed by atoms with Gasteiger partial charge in [0.2, 0.25) is 0 Å². The van der Waals surface area contributed by atoms with Gasteiger partial charge in [0.15, 0.2) is 0 Å². The largest absolute Gasteiger partial charge is 0.385 e. The van der Waals surface area contributed by atoms with E-state index in [-0.39, 0.29) is 5.91 Å². The summed E-state index contributed by atoms with van der Waals surface area (Å²) in [4.78, 5) is 16.3. The summed E-state index contributed by atoms with van der Waals surface area (Å²) in [6.07, 6.45) is 2.51. The van der Waals surface area contributed by atoms with E-state index >= 15 is 0 Å². The maximum atomic E-state index is 12.2. The molecule has 2 aromatic rings. The van der Waals surface area contributed by atoms with Crippen molar-refractivity contribution >= 4 is 40.5 Å². The number of ether oxygens (including phenoxy) is 1. The van der Waals surface area contributed by atoms with Crippen molar-refractivity contribution in [3.63, 3.8) is 0 Å². The molecule has 0 atom stereocenters. The average Bonchev–Trinajstić information content (AvgIpc) is 2.51. The molecule has 1 aromatic heterocycles. The van der Waals surface area contributed by atoms with Gasteiger partial charge in [0.25, 0.3) is 5.91 Å². The molecule has 1 amide bonds. The number of hydrogen-bond acceptors (Lipinski definition) is 4. The highest BCUT2D eigenvalue weighted by molar-refractivity contribution is 6.35. The second-order valence-corrected chi connectivity index (χ2v) is 5.69. The highest BCUT2D eigenvalue weighted by Crippen LogP contribution is 2.22. The van der Waals surface area contributed by atoms with E-state index in [0.717, 1.165) is 18.7 Å². The lowest BCUT2D eigenvalue weighted by molar-refractivity contribution is 0.102. The third-order valence-corrected chi connectivity index (χ3v) is 3.41. The lowest BCUT2D eigenvalue weighted by atomic mass is 10.2. The highest BCUT2D eigenvalue weighted by Gasteiger charge is 2.08. The van der Waals surface area contributed by atoms with Crippen LogP contribution >= 0.6 is 23.2 Å². The van der Waals surface area contributed by atoms with E-state index in [1.807, 2.05) is 0 Å². The average molecular weight is 354 g/mol. The normalized spacial score (nSPS) is 10.4. The van der Waals surface area contributed by atoms with Crippen LogP contribution in [0.4, 0.5) is 11.4 Å². The van der Waals surface area contributed by atoms with Crippen LogP contribution in [0.2, 0.25) is 10.0 Å². The monoisotopic (exact) mass is 353 g/mol. The zero-order valence-electron chi connectivity index (χ0n) is 12.6. The van der Waals surface area contributed by atoms with Crippen LogP contribution in [0.3, 0.4) is 0 Å². The Kier molecular flexibility index (Phi) is 6.65. The summed E-state index contributed by atoms with van der Waals surface area (Å²) in [5.74, 6) is -0.325. The molecule has 2 N–H and O–H groups in total. The molecule has 0 bridgehead atoms. The van der Waals surface area contributed by atoms with E-state index in [2.05, 4.69) is 15.6 Å². The van der Waals surface area contributed by atoms with Crippen molar-refractivity contribution in [3.8, 4) is 0 Å². The van der Waals surface area contributed by atoms with Gasteiger partial charge in [-0.25, -0.2) is 4.98 Å². The molecule has 1 heterocycles. The molecule has 1 aromatic carbocycles. The number of nitrogens with one attached hydrogen (secondary N) is 2. The number of pyridine rings is 1. The minimum absolute atomic E-state index is 0.309. The molecule has 0 unspecified atom stereocenters. The van der Waals surface area contributed by atoms with E-state index < -0.39 is 0 Å². The van der Waals surface area contributed by atoms with E-state index in [0.29, 0.717) is 28.0 Å². The number of benzene rings is 1. The number of carbonyl (C=O) groups excluding carboxylic acids is 1. The predicted molar refractivity (Wildman–Crippen MR) is 93.6 cm³/mol. The van der Waals surface area contributed by atoms with Gasteiger partial charge in [-0.2, -0.15) is 0 Å². The lowest BCUT2D eigenvalue weighted by Gasteiger charge is -2.08. The van der Waals surface area contributed by atoms with Gasteiger partial charge in [0.05, 0.1) is 11.9 Å². The highest BCUT2D eigenvalue weighted by atomic mass is 35.5. The first-order valence-corrected chi connectivity index (χ1v) is 7.80. The summed E-state index contributed by atoms with van der Waals surface area (Å²) in [5.41, 5.74) is 1.68. The van der Waals surface area contributed by atoms with Crippen LogP contribution < -0.4 is 10.6 Å². The van der Waals surface area contributed by atoms with Crippen molar-refractivity contribution in [1.29, 1.82) is 0 Å². The minimum atomic E-state index is -0.325. The standard InChI is InChI=1S/C16H17Cl2N3O2/c1-23-6-2-5-19-13-3-4-15(20-10-13)16(22)21-14-8-11(17)7-12(18)9-14/h3-4,7-10,19H,2,5-6H2,1H3,(H,21,22). The minimum Gasteiger partial charge on any atom is -0.385 e. The first-order chi connectivity index (χ1) is 11.1.